The minimum atomic E-state index is -4.48. The Hall–Kier alpha value is -1.63. The lowest BCUT2D eigenvalue weighted by Gasteiger charge is -2.08. The van der Waals surface area contributed by atoms with Crippen molar-refractivity contribution in [3.63, 3.8) is 0 Å². The number of nitrogens with one attached hydrogen (secondary N) is 1. The summed E-state index contributed by atoms with van der Waals surface area (Å²) in [5, 5.41) is 2.70. The Labute approximate surface area is 109 Å². The van der Waals surface area contributed by atoms with E-state index in [4.69, 9.17) is 0 Å². The van der Waals surface area contributed by atoms with E-state index in [2.05, 4.69) is 31.2 Å². The predicted molar refractivity (Wildman–Crippen MR) is 64.5 cm³/mol. The smallest absolute Gasteiger partial charge is 0.324 e. The zero-order valence-corrected chi connectivity index (χ0v) is 10.5. The first kappa shape index (κ1) is 12.8. The van der Waals surface area contributed by atoms with Crippen LogP contribution >= 0.6 is 15.9 Å². The SMILES string of the molecule is FC(F)(F)c1ccnc(Nc2cccc(Br)c2)n1. The van der Waals surface area contributed by atoms with Gasteiger partial charge in [-0.05, 0) is 24.3 Å². The third-order valence-corrected chi connectivity index (χ3v) is 2.52. The monoisotopic (exact) mass is 317 g/mol. The molecule has 18 heavy (non-hydrogen) atoms. The lowest BCUT2D eigenvalue weighted by Crippen LogP contribution is -2.10. The summed E-state index contributed by atoms with van der Waals surface area (Å²) in [6.45, 7) is 0. The lowest BCUT2D eigenvalue weighted by molar-refractivity contribution is -0.141. The molecule has 0 aliphatic heterocycles. The van der Waals surface area contributed by atoms with Gasteiger partial charge >= 0.3 is 6.18 Å². The zero-order valence-electron chi connectivity index (χ0n) is 8.87. The Morgan fingerprint density at radius 3 is 2.61 bits per heavy atom. The molecular weight excluding hydrogens is 311 g/mol. The fourth-order valence-electron chi connectivity index (χ4n) is 1.27. The molecular formula is C11H7BrF3N3. The van der Waals surface area contributed by atoms with Gasteiger partial charge in [0.25, 0.3) is 0 Å². The topological polar surface area (TPSA) is 37.8 Å². The molecule has 0 saturated carbocycles. The van der Waals surface area contributed by atoms with Crippen molar-refractivity contribution in [2.24, 2.45) is 0 Å². The van der Waals surface area contributed by atoms with E-state index in [0.717, 1.165) is 16.7 Å². The van der Waals surface area contributed by atoms with Crippen LogP contribution in [0.4, 0.5) is 24.8 Å². The van der Waals surface area contributed by atoms with E-state index in [1.807, 2.05) is 0 Å². The number of benzene rings is 1. The van der Waals surface area contributed by atoms with Crippen molar-refractivity contribution in [1.29, 1.82) is 0 Å². The fraction of sp³-hybridized carbons (Fsp3) is 0.0909. The summed E-state index contributed by atoms with van der Waals surface area (Å²) in [6.07, 6.45) is -3.41. The molecule has 1 heterocycles. The molecule has 0 aliphatic rings. The molecule has 0 aliphatic carbocycles. The number of alkyl halides is 3. The molecule has 0 fully saturated rings. The van der Waals surface area contributed by atoms with Gasteiger partial charge in [-0.2, -0.15) is 13.2 Å². The quantitative estimate of drug-likeness (QED) is 0.909. The molecule has 0 saturated heterocycles. The average Bonchev–Trinajstić information content (AvgIpc) is 2.28. The number of hydrogen-bond donors (Lipinski definition) is 1. The summed E-state index contributed by atoms with van der Waals surface area (Å²) in [5.41, 5.74) is -0.376. The average molecular weight is 318 g/mol. The Bertz CT molecular complexity index is 557. The minimum Gasteiger partial charge on any atom is -0.324 e. The van der Waals surface area contributed by atoms with Crippen LogP contribution < -0.4 is 5.32 Å². The highest BCUT2D eigenvalue weighted by Crippen LogP contribution is 2.28. The zero-order chi connectivity index (χ0) is 13.2. The molecule has 0 amide bonds. The summed E-state index contributed by atoms with van der Waals surface area (Å²) in [6, 6.07) is 7.79. The van der Waals surface area contributed by atoms with Crippen LogP contribution in [0.5, 0.6) is 0 Å². The standard InChI is InChI=1S/C11H7BrF3N3/c12-7-2-1-3-8(6-7)17-10-16-5-4-9(18-10)11(13,14)15/h1-6H,(H,16,17,18). The molecule has 0 bridgehead atoms. The molecule has 0 radical (unpaired) electrons. The molecule has 94 valence electrons. The highest BCUT2D eigenvalue weighted by molar-refractivity contribution is 9.10. The molecule has 0 spiro atoms. The van der Waals surface area contributed by atoms with Crippen molar-refractivity contribution in [3.8, 4) is 0 Å². The van der Waals surface area contributed by atoms with Gasteiger partial charge in [-0.3, -0.25) is 0 Å². The Morgan fingerprint density at radius 1 is 1.17 bits per heavy atom. The van der Waals surface area contributed by atoms with E-state index < -0.39 is 11.9 Å². The van der Waals surface area contributed by atoms with Gasteiger partial charge in [0, 0.05) is 16.4 Å². The Kier molecular flexibility index (Phi) is 3.51. The summed E-state index contributed by atoms with van der Waals surface area (Å²) in [5.74, 6) is -0.0945. The molecule has 3 nitrogen and oxygen atoms in total. The van der Waals surface area contributed by atoms with Crippen LogP contribution in [0.1, 0.15) is 5.69 Å². The van der Waals surface area contributed by atoms with E-state index >= 15 is 0 Å². The van der Waals surface area contributed by atoms with Crippen molar-refractivity contribution in [1.82, 2.24) is 9.97 Å². The number of anilines is 2. The second kappa shape index (κ2) is 4.93. The molecule has 1 N–H and O–H groups in total. The molecule has 0 atom stereocenters. The van der Waals surface area contributed by atoms with Crippen LogP contribution in [0.2, 0.25) is 0 Å². The summed E-state index contributed by atoms with van der Waals surface area (Å²) >= 11 is 3.26. The van der Waals surface area contributed by atoms with Crippen LogP contribution in [-0.4, -0.2) is 9.97 Å². The maximum absolute atomic E-state index is 12.4. The first-order valence-electron chi connectivity index (χ1n) is 4.88. The van der Waals surface area contributed by atoms with E-state index in [0.29, 0.717) is 5.69 Å². The second-order valence-corrected chi connectivity index (χ2v) is 4.31. The van der Waals surface area contributed by atoms with Crippen LogP contribution in [0, 0.1) is 0 Å². The maximum Gasteiger partial charge on any atom is 0.433 e. The van der Waals surface area contributed by atoms with Crippen LogP contribution in [0.3, 0.4) is 0 Å². The first-order valence-corrected chi connectivity index (χ1v) is 5.67. The molecule has 1 aromatic carbocycles. The lowest BCUT2D eigenvalue weighted by atomic mass is 10.3. The molecule has 1 aromatic heterocycles. The number of rotatable bonds is 2. The van der Waals surface area contributed by atoms with Crippen molar-refractivity contribution in [2.75, 3.05) is 5.32 Å². The summed E-state index contributed by atoms with van der Waals surface area (Å²) in [4.78, 5) is 7.15. The third kappa shape index (κ3) is 3.19. The van der Waals surface area contributed by atoms with Crippen LogP contribution in [0.15, 0.2) is 41.0 Å². The van der Waals surface area contributed by atoms with Gasteiger partial charge in [-0.1, -0.05) is 22.0 Å². The van der Waals surface area contributed by atoms with Crippen LogP contribution in [-0.2, 0) is 6.18 Å². The largest absolute Gasteiger partial charge is 0.433 e. The van der Waals surface area contributed by atoms with Gasteiger partial charge in [-0.15, -0.1) is 0 Å². The van der Waals surface area contributed by atoms with Gasteiger partial charge < -0.3 is 5.32 Å². The summed E-state index contributed by atoms with van der Waals surface area (Å²) < 4.78 is 38.1. The second-order valence-electron chi connectivity index (χ2n) is 3.40. The van der Waals surface area contributed by atoms with Gasteiger partial charge in [0.15, 0.2) is 0 Å². The van der Waals surface area contributed by atoms with Crippen molar-refractivity contribution in [3.05, 3.63) is 46.7 Å². The van der Waals surface area contributed by atoms with Crippen molar-refractivity contribution < 1.29 is 13.2 Å². The van der Waals surface area contributed by atoms with Gasteiger partial charge in [0.05, 0.1) is 0 Å². The molecule has 2 aromatic rings. The van der Waals surface area contributed by atoms with E-state index in [-0.39, 0.29) is 5.95 Å². The number of hydrogen-bond acceptors (Lipinski definition) is 3. The molecule has 0 unspecified atom stereocenters. The van der Waals surface area contributed by atoms with E-state index in [1.54, 1.807) is 24.3 Å². The maximum atomic E-state index is 12.4. The van der Waals surface area contributed by atoms with E-state index in [9.17, 15) is 13.2 Å². The van der Waals surface area contributed by atoms with Gasteiger partial charge in [0.1, 0.15) is 5.69 Å². The third-order valence-electron chi connectivity index (χ3n) is 2.03. The van der Waals surface area contributed by atoms with E-state index in [1.165, 1.54) is 0 Å². The van der Waals surface area contributed by atoms with Crippen molar-refractivity contribution >= 4 is 27.6 Å². The minimum absolute atomic E-state index is 0.0945. The first-order chi connectivity index (χ1) is 8.45. The van der Waals surface area contributed by atoms with Crippen LogP contribution in [0.25, 0.3) is 0 Å². The fourth-order valence-corrected chi connectivity index (χ4v) is 1.67. The predicted octanol–water partition coefficient (Wildman–Crippen LogP) is 4.00. The molecule has 7 heteroatoms. The number of halogens is 4. The normalized spacial score (nSPS) is 11.3. The van der Waals surface area contributed by atoms with Gasteiger partial charge in [-0.25, -0.2) is 9.97 Å². The Morgan fingerprint density at radius 2 is 1.94 bits per heavy atom. The van der Waals surface area contributed by atoms with Gasteiger partial charge in [0.2, 0.25) is 5.95 Å². The highest BCUT2D eigenvalue weighted by Gasteiger charge is 2.32. The highest BCUT2D eigenvalue weighted by atomic mass is 79.9. The number of aromatic nitrogens is 2. The van der Waals surface area contributed by atoms with Crippen molar-refractivity contribution in [2.45, 2.75) is 6.18 Å². The molecule has 2 rings (SSSR count). The Balaban J connectivity index is 2.25. The number of nitrogens with zero attached hydrogens (tertiary/aromatic N) is 2. The summed E-state index contributed by atoms with van der Waals surface area (Å²) in [7, 11) is 0.